The van der Waals surface area contributed by atoms with Crippen LogP contribution >= 0.6 is 37.2 Å². The van der Waals surface area contributed by atoms with Gasteiger partial charge in [0.05, 0.1) is 31.3 Å². The Balaban J connectivity index is 0.00000147. The van der Waals surface area contributed by atoms with E-state index in [1.165, 1.54) is 12.8 Å². The average Bonchev–Trinajstić information content (AvgIpc) is 3.00. The molecule has 2 fully saturated rings. The standard InChI is InChI=1S/C14H21N3O2.3ClH/c1-2-12(16-3-1)11-19-14-8-13(9-15-10-14)17-4-6-18-7-5-17;;;/h8-10,12,16H,1-7,11H2;3*1H/t12-;;;/m0.../s1. The summed E-state index contributed by atoms with van der Waals surface area (Å²) in [4.78, 5) is 6.57. The predicted molar refractivity (Wildman–Crippen MR) is 95.5 cm³/mol. The molecule has 1 N–H and O–H groups in total. The molecule has 128 valence electrons. The molecule has 1 aromatic heterocycles. The fraction of sp³-hybridized carbons (Fsp3) is 0.643. The Morgan fingerprint density at radius 3 is 2.68 bits per heavy atom. The molecule has 1 atom stereocenters. The lowest BCUT2D eigenvalue weighted by molar-refractivity contribution is 0.122. The van der Waals surface area contributed by atoms with Crippen LogP contribution < -0.4 is 15.0 Å². The highest BCUT2D eigenvalue weighted by molar-refractivity contribution is 5.86. The van der Waals surface area contributed by atoms with Gasteiger partial charge in [0, 0.05) is 25.2 Å². The number of pyridine rings is 1. The van der Waals surface area contributed by atoms with E-state index in [0.29, 0.717) is 6.04 Å². The molecule has 2 aliphatic rings. The molecule has 5 nitrogen and oxygen atoms in total. The first kappa shape index (κ1) is 21.5. The maximum absolute atomic E-state index is 5.84. The number of nitrogens with zero attached hydrogens (tertiary/aromatic N) is 2. The van der Waals surface area contributed by atoms with E-state index in [0.717, 1.165) is 50.9 Å². The summed E-state index contributed by atoms with van der Waals surface area (Å²) < 4.78 is 11.2. The van der Waals surface area contributed by atoms with Crippen molar-refractivity contribution in [2.24, 2.45) is 0 Å². The van der Waals surface area contributed by atoms with Crippen LogP contribution in [0.25, 0.3) is 0 Å². The molecule has 0 radical (unpaired) electrons. The second kappa shape index (κ2) is 11.1. The van der Waals surface area contributed by atoms with Crippen molar-refractivity contribution in [1.29, 1.82) is 0 Å². The highest BCUT2D eigenvalue weighted by Gasteiger charge is 2.15. The van der Waals surface area contributed by atoms with Crippen LogP contribution in [0.1, 0.15) is 12.8 Å². The van der Waals surface area contributed by atoms with Gasteiger partial charge >= 0.3 is 0 Å². The third-order valence-corrected chi connectivity index (χ3v) is 3.69. The van der Waals surface area contributed by atoms with Crippen molar-refractivity contribution >= 4 is 42.9 Å². The normalized spacial score (nSPS) is 20.4. The minimum absolute atomic E-state index is 0. The van der Waals surface area contributed by atoms with Crippen LogP contribution in [0.4, 0.5) is 5.69 Å². The van der Waals surface area contributed by atoms with Gasteiger partial charge in [-0.3, -0.25) is 4.98 Å². The van der Waals surface area contributed by atoms with E-state index in [-0.39, 0.29) is 37.2 Å². The van der Waals surface area contributed by atoms with Gasteiger partial charge in [0.1, 0.15) is 12.4 Å². The average molecular weight is 373 g/mol. The van der Waals surface area contributed by atoms with Gasteiger partial charge in [-0.1, -0.05) is 0 Å². The zero-order valence-electron chi connectivity index (χ0n) is 12.4. The summed E-state index contributed by atoms with van der Waals surface area (Å²) in [5.41, 5.74) is 1.13. The molecule has 8 heteroatoms. The van der Waals surface area contributed by atoms with E-state index >= 15 is 0 Å². The molecule has 0 spiro atoms. The molecule has 1 aromatic rings. The fourth-order valence-electron chi connectivity index (χ4n) is 2.58. The summed E-state index contributed by atoms with van der Waals surface area (Å²) in [6.45, 7) is 5.27. The maximum Gasteiger partial charge on any atom is 0.139 e. The van der Waals surface area contributed by atoms with E-state index in [1.807, 2.05) is 6.20 Å². The smallest absolute Gasteiger partial charge is 0.139 e. The summed E-state index contributed by atoms with van der Waals surface area (Å²) in [5.74, 6) is 0.859. The number of ether oxygens (including phenoxy) is 2. The molecular formula is C14H24Cl3N3O2. The maximum atomic E-state index is 5.84. The molecule has 3 heterocycles. The second-order valence-electron chi connectivity index (χ2n) is 5.08. The van der Waals surface area contributed by atoms with Gasteiger partial charge in [-0.05, 0) is 19.4 Å². The van der Waals surface area contributed by atoms with Crippen LogP contribution in [0.3, 0.4) is 0 Å². The van der Waals surface area contributed by atoms with Crippen molar-refractivity contribution < 1.29 is 9.47 Å². The Morgan fingerprint density at radius 1 is 1.23 bits per heavy atom. The van der Waals surface area contributed by atoms with E-state index in [9.17, 15) is 0 Å². The minimum Gasteiger partial charge on any atom is -0.490 e. The highest BCUT2D eigenvalue weighted by atomic mass is 35.5. The monoisotopic (exact) mass is 371 g/mol. The highest BCUT2D eigenvalue weighted by Crippen LogP contribution is 2.21. The first-order valence-corrected chi connectivity index (χ1v) is 7.06. The second-order valence-corrected chi connectivity index (χ2v) is 5.08. The molecule has 0 amide bonds. The van der Waals surface area contributed by atoms with Crippen LogP contribution in [0.2, 0.25) is 0 Å². The van der Waals surface area contributed by atoms with Crippen LogP contribution in [0, 0.1) is 0 Å². The Labute approximate surface area is 150 Å². The van der Waals surface area contributed by atoms with Gasteiger partial charge in [-0.25, -0.2) is 0 Å². The van der Waals surface area contributed by atoms with Gasteiger partial charge < -0.3 is 19.7 Å². The summed E-state index contributed by atoms with van der Waals surface area (Å²) in [6.07, 6.45) is 6.14. The molecule has 2 aliphatic heterocycles. The van der Waals surface area contributed by atoms with Gasteiger partial charge in [-0.15, -0.1) is 37.2 Å². The third kappa shape index (κ3) is 5.97. The third-order valence-electron chi connectivity index (χ3n) is 3.69. The summed E-state index contributed by atoms with van der Waals surface area (Å²) in [5, 5.41) is 3.43. The number of anilines is 1. The summed E-state index contributed by atoms with van der Waals surface area (Å²) >= 11 is 0. The zero-order valence-corrected chi connectivity index (χ0v) is 14.9. The van der Waals surface area contributed by atoms with Crippen LogP contribution in [-0.4, -0.2) is 50.5 Å². The first-order chi connectivity index (χ1) is 9.42. The summed E-state index contributed by atoms with van der Waals surface area (Å²) in [7, 11) is 0. The van der Waals surface area contributed by atoms with E-state index in [2.05, 4.69) is 21.3 Å². The number of hydrogen-bond donors (Lipinski definition) is 1. The number of rotatable bonds is 4. The van der Waals surface area contributed by atoms with Crippen molar-refractivity contribution in [3.05, 3.63) is 18.5 Å². The van der Waals surface area contributed by atoms with Crippen molar-refractivity contribution in [1.82, 2.24) is 10.3 Å². The number of halogens is 3. The molecular weight excluding hydrogens is 349 g/mol. The molecule has 0 saturated carbocycles. The molecule has 22 heavy (non-hydrogen) atoms. The quantitative estimate of drug-likeness (QED) is 0.879. The Hall–Kier alpha value is -0.460. The van der Waals surface area contributed by atoms with E-state index in [1.54, 1.807) is 6.20 Å². The lowest BCUT2D eigenvalue weighted by Crippen LogP contribution is -2.36. The lowest BCUT2D eigenvalue weighted by Gasteiger charge is -2.28. The Morgan fingerprint density at radius 2 is 2.00 bits per heavy atom. The van der Waals surface area contributed by atoms with Crippen LogP contribution in [0.15, 0.2) is 18.5 Å². The zero-order chi connectivity index (χ0) is 12.9. The fourth-order valence-corrected chi connectivity index (χ4v) is 2.58. The molecule has 0 aromatic carbocycles. The lowest BCUT2D eigenvalue weighted by atomic mass is 10.2. The van der Waals surface area contributed by atoms with Crippen molar-refractivity contribution in [2.45, 2.75) is 18.9 Å². The van der Waals surface area contributed by atoms with Crippen LogP contribution in [0.5, 0.6) is 5.75 Å². The van der Waals surface area contributed by atoms with Crippen molar-refractivity contribution in [3.8, 4) is 5.75 Å². The number of aromatic nitrogens is 1. The van der Waals surface area contributed by atoms with Gasteiger partial charge in [0.25, 0.3) is 0 Å². The van der Waals surface area contributed by atoms with Crippen molar-refractivity contribution in [2.75, 3.05) is 44.4 Å². The van der Waals surface area contributed by atoms with Gasteiger partial charge in [0.2, 0.25) is 0 Å². The summed E-state index contributed by atoms with van der Waals surface area (Å²) in [6, 6.07) is 2.57. The van der Waals surface area contributed by atoms with E-state index in [4.69, 9.17) is 9.47 Å². The number of hydrogen-bond acceptors (Lipinski definition) is 5. The Bertz CT molecular complexity index is 414. The van der Waals surface area contributed by atoms with Gasteiger partial charge in [0.15, 0.2) is 0 Å². The number of nitrogens with one attached hydrogen (secondary N) is 1. The molecule has 3 rings (SSSR count). The largest absolute Gasteiger partial charge is 0.490 e. The number of morpholine rings is 1. The molecule has 0 aliphatic carbocycles. The van der Waals surface area contributed by atoms with Crippen LogP contribution in [-0.2, 0) is 4.74 Å². The Kier molecular flexibility index (Phi) is 10.9. The SMILES string of the molecule is Cl.Cl.Cl.c1ncc(N2CCOCC2)cc1OC[C@@H]1CCCN1. The van der Waals surface area contributed by atoms with Gasteiger partial charge in [-0.2, -0.15) is 0 Å². The minimum atomic E-state index is 0. The van der Waals surface area contributed by atoms with E-state index < -0.39 is 0 Å². The molecule has 0 bridgehead atoms. The topological polar surface area (TPSA) is 46.6 Å². The molecule has 2 saturated heterocycles. The predicted octanol–water partition coefficient (Wildman–Crippen LogP) is 2.31. The van der Waals surface area contributed by atoms with Crippen molar-refractivity contribution in [3.63, 3.8) is 0 Å². The molecule has 0 unspecified atom stereocenters. The first-order valence-electron chi connectivity index (χ1n) is 7.06.